The van der Waals surface area contributed by atoms with Gasteiger partial charge in [0.05, 0.1) is 6.10 Å². The second-order valence-corrected chi connectivity index (χ2v) is 4.58. The molecule has 0 heterocycles. The van der Waals surface area contributed by atoms with Gasteiger partial charge in [0.2, 0.25) is 0 Å². The van der Waals surface area contributed by atoms with Crippen LogP contribution in [0.5, 0.6) is 0 Å². The molecule has 1 saturated carbocycles. The SMILES string of the molecule is C=CC(C)(C(C)O)C1CCCCC1. The second kappa shape index (κ2) is 4.28. The van der Waals surface area contributed by atoms with Crippen LogP contribution < -0.4 is 0 Å². The van der Waals surface area contributed by atoms with Crippen molar-refractivity contribution >= 4 is 0 Å². The lowest BCUT2D eigenvalue weighted by molar-refractivity contribution is 0.0281. The summed E-state index contributed by atoms with van der Waals surface area (Å²) in [5.41, 5.74) is -0.0690. The summed E-state index contributed by atoms with van der Waals surface area (Å²) in [6, 6.07) is 0. The Morgan fingerprint density at radius 3 is 2.31 bits per heavy atom. The van der Waals surface area contributed by atoms with Crippen LogP contribution in [0.15, 0.2) is 12.7 Å². The summed E-state index contributed by atoms with van der Waals surface area (Å²) in [6.45, 7) is 7.89. The lowest BCUT2D eigenvalue weighted by Crippen LogP contribution is -2.36. The largest absolute Gasteiger partial charge is 0.393 e. The second-order valence-electron chi connectivity index (χ2n) is 4.58. The summed E-state index contributed by atoms with van der Waals surface area (Å²) in [5, 5.41) is 9.75. The molecule has 76 valence electrons. The summed E-state index contributed by atoms with van der Waals surface area (Å²) in [7, 11) is 0. The maximum absolute atomic E-state index is 9.75. The minimum Gasteiger partial charge on any atom is -0.393 e. The summed E-state index contributed by atoms with van der Waals surface area (Å²) in [6.07, 6.45) is 8.20. The van der Waals surface area contributed by atoms with Gasteiger partial charge in [0.25, 0.3) is 0 Å². The van der Waals surface area contributed by atoms with Gasteiger partial charge >= 0.3 is 0 Å². The van der Waals surface area contributed by atoms with Crippen molar-refractivity contribution in [1.29, 1.82) is 0 Å². The van der Waals surface area contributed by atoms with Gasteiger partial charge in [-0.25, -0.2) is 0 Å². The van der Waals surface area contributed by atoms with E-state index in [1.807, 2.05) is 13.0 Å². The van der Waals surface area contributed by atoms with Gasteiger partial charge in [-0.1, -0.05) is 32.3 Å². The monoisotopic (exact) mass is 182 g/mol. The molecule has 1 heteroatoms. The quantitative estimate of drug-likeness (QED) is 0.665. The molecule has 0 aromatic rings. The van der Waals surface area contributed by atoms with Gasteiger partial charge in [0, 0.05) is 5.41 Å². The molecule has 0 bridgehead atoms. The molecule has 0 aromatic carbocycles. The van der Waals surface area contributed by atoms with Crippen LogP contribution in [-0.2, 0) is 0 Å². The van der Waals surface area contributed by atoms with Crippen molar-refractivity contribution in [3.05, 3.63) is 12.7 Å². The molecule has 1 aliphatic rings. The Morgan fingerprint density at radius 2 is 1.92 bits per heavy atom. The molecule has 1 aliphatic carbocycles. The van der Waals surface area contributed by atoms with E-state index in [1.165, 1.54) is 32.1 Å². The Labute approximate surface area is 81.9 Å². The van der Waals surface area contributed by atoms with Crippen molar-refractivity contribution in [2.45, 2.75) is 52.1 Å². The molecule has 13 heavy (non-hydrogen) atoms. The maximum Gasteiger partial charge on any atom is 0.0602 e. The predicted octanol–water partition coefficient (Wildman–Crippen LogP) is 3.14. The molecule has 0 radical (unpaired) electrons. The molecule has 2 atom stereocenters. The van der Waals surface area contributed by atoms with E-state index in [1.54, 1.807) is 0 Å². The number of aliphatic hydroxyl groups excluding tert-OH is 1. The summed E-state index contributed by atoms with van der Waals surface area (Å²) >= 11 is 0. The third kappa shape index (κ3) is 2.14. The molecular formula is C12H22O. The van der Waals surface area contributed by atoms with Crippen LogP contribution in [0.25, 0.3) is 0 Å². The number of rotatable bonds is 3. The summed E-state index contributed by atoms with van der Waals surface area (Å²) < 4.78 is 0. The van der Waals surface area contributed by atoms with E-state index >= 15 is 0 Å². The van der Waals surface area contributed by atoms with Crippen molar-refractivity contribution in [2.24, 2.45) is 11.3 Å². The first kappa shape index (κ1) is 10.8. The maximum atomic E-state index is 9.75. The van der Waals surface area contributed by atoms with Crippen LogP contribution in [0.4, 0.5) is 0 Å². The van der Waals surface area contributed by atoms with E-state index in [0.29, 0.717) is 5.92 Å². The molecule has 2 unspecified atom stereocenters. The molecule has 1 rings (SSSR count). The van der Waals surface area contributed by atoms with E-state index in [-0.39, 0.29) is 11.5 Å². The fraction of sp³-hybridized carbons (Fsp3) is 0.833. The number of hydrogen-bond donors (Lipinski definition) is 1. The minimum atomic E-state index is -0.270. The Kier molecular flexibility index (Phi) is 3.55. The van der Waals surface area contributed by atoms with Gasteiger partial charge < -0.3 is 5.11 Å². The predicted molar refractivity (Wildman–Crippen MR) is 56.6 cm³/mol. The third-order valence-corrected chi connectivity index (χ3v) is 3.82. The molecule has 0 spiro atoms. The highest BCUT2D eigenvalue weighted by Gasteiger charge is 2.36. The number of hydrogen-bond acceptors (Lipinski definition) is 1. The lowest BCUT2D eigenvalue weighted by atomic mass is 9.67. The highest BCUT2D eigenvalue weighted by molar-refractivity contribution is 5.00. The third-order valence-electron chi connectivity index (χ3n) is 3.82. The molecular weight excluding hydrogens is 160 g/mol. The van der Waals surface area contributed by atoms with Crippen molar-refractivity contribution in [2.75, 3.05) is 0 Å². The van der Waals surface area contributed by atoms with Crippen molar-refractivity contribution in [1.82, 2.24) is 0 Å². The highest BCUT2D eigenvalue weighted by atomic mass is 16.3. The first-order valence-corrected chi connectivity index (χ1v) is 5.43. The van der Waals surface area contributed by atoms with E-state index in [4.69, 9.17) is 0 Å². The minimum absolute atomic E-state index is 0.0690. The Hall–Kier alpha value is -0.300. The summed E-state index contributed by atoms with van der Waals surface area (Å²) in [5.74, 6) is 0.638. The van der Waals surface area contributed by atoms with Gasteiger partial charge in [-0.15, -0.1) is 6.58 Å². The standard InChI is InChI=1S/C12H22O/c1-4-12(3,10(2)13)11-8-6-5-7-9-11/h4,10-11,13H,1,5-9H2,2-3H3. The highest BCUT2D eigenvalue weighted by Crippen LogP contribution is 2.41. The van der Waals surface area contributed by atoms with Crippen molar-refractivity contribution in [3.63, 3.8) is 0 Å². The van der Waals surface area contributed by atoms with Crippen molar-refractivity contribution < 1.29 is 5.11 Å². The fourth-order valence-corrected chi connectivity index (χ4v) is 2.40. The fourth-order valence-electron chi connectivity index (χ4n) is 2.40. The Morgan fingerprint density at radius 1 is 1.38 bits per heavy atom. The smallest absolute Gasteiger partial charge is 0.0602 e. The molecule has 1 nitrogen and oxygen atoms in total. The lowest BCUT2D eigenvalue weighted by Gasteiger charge is -2.39. The van der Waals surface area contributed by atoms with Gasteiger partial charge in [-0.3, -0.25) is 0 Å². The average Bonchev–Trinajstić information content (AvgIpc) is 2.17. The Bertz CT molecular complexity index is 168. The van der Waals surface area contributed by atoms with Crippen LogP contribution in [0.2, 0.25) is 0 Å². The van der Waals surface area contributed by atoms with Gasteiger partial charge in [0.1, 0.15) is 0 Å². The molecule has 0 aromatic heterocycles. The number of aliphatic hydroxyl groups is 1. The van der Waals surface area contributed by atoms with Crippen molar-refractivity contribution in [3.8, 4) is 0 Å². The topological polar surface area (TPSA) is 20.2 Å². The zero-order valence-corrected chi connectivity index (χ0v) is 8.92. The van der Waals surface area contributed by atoms with Gasteiger partial charge in [-0.05, 0) is 25.7 Å². The molecule has 1 N–H and O–H groups in total. The van der Waals surface area contributed by atoms with Crippen LogP contribution in [0.1, 0.15) is 46.0 Å². The van der Waals surface area contributed by atoms with Gasteiger partial charge in [-0.2, -0.15) is 0 Å². The van der Waals surface area contributed by atoms with E-state index in [2.05, 4.69) is 13.5 Å². The molecule has 0 amide bonds. The average molecular weight is 182 g/mol. The normalized spacial score (nSPS) is 26.4. The first-order valence-electron chi connectivity index (χ1n) is 5.43. The van der Waals surface area contributed by atoms with Crippen LogP contribution in [0, 0.1) is 11.3 Å². The Balaban J connectivity index is 2.68. The van der Waals surface area contributed by atoms with E-state index < -0.39 is 0 Å². The molecule has 1 fully saturated rings. The van der Waals surface area contributed by atoms with Crippen LogP contribution in [0.3, 0.4) is 0 Å². The first-order chi connectivity index (χ1) is 6.11. The zero-order chi connectivity index (χ0) is 9.90. The summed E-state index contributed by atoms with van der Waals surface area (Å²) in [4.78, 5) is 0. The zero-order valence-electron chi connectivity index (χ0n) is 8.92. The van der Waals surface area contributed by atoms with Crippen LogP contribution >= 0.6 is 0 Å². The molecule has 0 saturated heterocycles. The van der Waals surface area contributed by atoms with Crippen LogP contribution in [-0.4, -0.2) is 11.2 Å². The molecule has 0 aliphatic heterocycles. The van der Waals surface area contributed by atoms with E-state index in [0.717, 1.165) is 0 Å². The van der Waals surface area contributed by atoms with Gasteiger partial charge in [0.15, 0.2) is 0 Å². The van der Waals surface area contributed by atoms with E-state index in [9.17, 15) is 5.11 Å².